The van der Waals surface area contributed by atoms with Gasteiger partial charge in [-0.2, -0.15) is 0 Å². The number of hydrogen-bond donors (Lipinski definition) is 0. The van der Waals surface area contributed by atoms with Gasteiger partial charge < -0.3 is 0 Å². The van der Waals surface area contributed by atoms with Crippen molar-refractivity contribution in [3.8, 4) is 0 Å². The first-order valence-electron chi connectivity index (χ1n) is 17.6. The summed E-state index contributed by atoms with van der Waals surface area (Å²) >= 11 is 0. The van der Waals surface area contributed by atoms with Crippen LogP contribution in [-0.2, 0) is 17.1 Å². The molecule has 2 heterocycles. The van der Waals surface area contributed by atoms with Crippen LogP contribution < -0.4 is 10.6 Å². The molecule has 0 amide bonds. The van der Waals surface area contributed by atoms with Crippen molar-refractivity contribution in [3.63, 3.8) is 0 Å². The van der Waals surface area contributed by atoms with Crippen LogP contribution >= 0.6 is 15.8 Å². The van der Waals surface area contributed by atoms with E-state index in [2.05, 4.69) is 126 Å². The van der Waals surface area contributed by atoms with Gasteiger partial charge in [-0.1, -0.05) is 64.4 Å². The van der Waals surface area contributed by atoms with E-state index in [0.717, 1.165) is 0 Å². The van der Waals surface area contributed by atoms with E-state index in [-0.39, 0.29) is 17.1 Å². The minimum atomic E-state index is -0.622. The van der Waals surface area contributed by atoms with Gasteiger partial charge in [-0.15, -0.1) is 0 Å². The second-order valence-corrected chi connectivity index (χ2v) is 16.4. The van der Waals surface area contributed by atoms with E-state index in [9.17, 15) is 0 Å². The molecule has 0 saturated heterocycles. The van der Waals surface area contributed by atoms with Crippen molar-refractivity contribution < 1.29 is 17.1 Å². The summed E-state index contributed by atoms with van der Waals surface area (Å²) in [6.07, 6.45) is 76.5. The van der Waals surface area contributed by atoms with Gasteiger partial charge in [0.05, 0.1) is 0 Å². The van der Waals surface area contributed by atoms with Crippen LogP contribution in [-0.4, -0.2) is 0 Å². The van der Waals surface area contributed by atoms with Gasteiger partial charge in [-0.3, -0.25) is 0 Å². The largest absolute Gasteiger partial charge is 2.00 e. The molecule has 1 aromatic rings. The molecule has 8 saturated carbocycles. The van der Waals surface area contributed by atoms with Crippen molar-refractivity contribution in [2.45, 2.75) is 0 Å². The SMILES string of the molecule is [CH]1[CH][CH][CH][CH]1.[CH]1[CH][CH][CH][CH]1.[CH]1[CH][CH][CH][CH]1.[CH]1[CH][CH][CH][CH]1.[CH]1[CH][C]2C=C[C]3[CH][CH][CH][C]3P(c3ccccc3P3[C]4[CH][CH][CH][C]4C=C[C]4[CH][CH][CH][C]43)[C]2[CH]1.[Fe+2]. The van der Waals surface area contributed by atoms with Crippen LogP contribution in [0.1, 0.15) is 0 Å². The van der Waals surface area contributed by atoms with Gasteiger partial charge in [0.15, 0.2) is 0 Å². The number of benzene rings is 1. The maximum absolute atomic E-state index is 2.39. The van der Waals surface area contributed by atoms with Crippen molar-refractivity contribution in [2.75, 3.05) is 0 Å². The third-order valence-electron chi connectivity index (χ3n) is 8.74. The normalized spacial score (nSPS) is 27.2. The van der Waals surface area contributed by atoms with Crippen LogP contribution in [0.3, 0.4) is 0 Å². The molecule has 0 unspecified atom stereocenters. The third kappa shape index (κ3) is 11.8. The average Bonchev–Trinajstić information content (AvgIpc) is 4.03. The smallest absolute Gasteiger partial charge is 0.0795 e. The van der Waals surface area contributed by atoms with E-state index < -0.39 is 15.8 Å². The molecule has 10 aliphatic rings. The van der Waals surface area contributed by atoms with E-state index in [4.69, 9.17) is 0 Å². The van der Waals surface area contributed by atoms with E-state index in [0.29, 0.717) is 0 Å². The first-order chi connectivity index (χ1) is 25.9. The van der Waals surface area contributed by atoms with Crippen molar-refractivity contribution >= 4 is 26.5 Å². The molecule has 3 heteroatoms. The summed E-state index contributed by atoms with van der Waals surface area (Å²) in [6, 6.07) is 9.25. The molecule has 11 rings (SSSR count). The molecule has 0 N–H and O–H groups in total. The molecular formula is C50H40FeP2+2. The Labute approximate surface area is 342 Å². The van der Waals surface area contributed by atoms with Gasteiger partial charge in [-0.25, -0.2) is 0 Å². The van der Waals surface area contributed by atoms with Gasteiger partial charge in [0.1, 0.15) is 0 Å². The molecule has 8 fully saturated rings. The average molecular weight is 759 g/mol. The second kappa shape index (κ2) is 23.5. The van der Waals surface area contributed by atoms with Crippen LogP contribution in [0.2, 0.25) is 0 Å². The fourth-order valence-corrected chi connectivity index (χ4v) is 12.1. The van der Waals surface area contributed by atoms with Crippen LogP contribution in [0.5, 0.6) is 0 Å². The zero-order chi connectivity index (χ0) is 35.2. The van der Waals surface area contributed by atoms with Crippen molar-refractivity contribution in [3.05, 3.63) is 300 Å². The van der Waals surface area contributed by atoms with Crippen LogP contribution in [0, 0.1) is 252 Å². The molecule has 1 aromatic carbocycles. The Balaban J connectivity index is 0.000000184. The Morgan fingerprint density at radius 3 is 0.660 bits per heavy atom. The summed E-state index contributed by atoms with van der Waals surface area (Å²) in [6.45, 7) is 0. The predicted molar refractivity (Wildman–Crippen MR) is 221 cm³/mol. The summed E-state index contributed by atoms with van der Waals surface area (Å²) < 4.78 is 0. The number of fused-ring (bicyclic) bond motifs is 4. The standard InChI is InChI=1S/C30H20P2.4C5H5.Fe/c1-2-12-30(32-27-15-5-9-23(27)19-20-24-10-6-16-28(24)32)29(11-1)31-25-13-3-7-21(25)17-18-22-8-4-14-26(22)31;4*1-2-4-5-3-1;/h1-20H;4*1-5H;/q;;;;;+2. The topological polar surface area (TPSA) is 0 Å². The fraction of sp³-hybridized carbons (Fsp3) is 0. The Bertz CT molecular complexity index is 1020. The van der Waals surface area contributed by atoms with E-state index in [1.165, 1.54) is 56.9 Å². The maximum Gasteiger partial charge on any atom is 2.00 e. The first-order valence-corrected chi connectivity index (χ1v) is 20.3. The summed E-state index contributed by atoms with van der Waals surface area (Å²) in [5.74, 6) is 5.45. The van der Waals surface area contributed by atoms with Crippen LogP contribution in [0.25, 0.3) is 0 Å². The minimum absolute atomic E-state index is 0. The summed E-state index contributed by atoms with van der Waals surface area (Å²) in [4.78, 5) is 0. The number of hydrogen-bond acceptors (Lipinski definition) is 0. The third-order valence-corrected chi connectivity index (χ3v) is 14.2. The molecule has 0 nitrogen and oxygen atoms in total. The molecule has 0 bridgehead atoms. The van der Waals surface area contributed by atoms with Crippen molar-refractivity contribution in [1.82, 2.24) is 0 Å². The summed E-state index contributed by atoms with van der Waals surface area (Å²) in [5.41, 5.74) is 5.90. The maximum atomic E-state index is 2.39. The second-order valence-electron chi connectivity index (χ2n) is 12.1. The van der Waals surface area contributed by atoms with Gasteiger partial charge in [-0.05, 0) is 216 Å². The Morgan fingerprint density at radius 2 is 0.453 bits per heavy atom. The van der Waals surface area contributed by atoms with E-state index >= 15 is 0 Å². The summed E-state index contributed by atoms with van der Waals surface area (Å²) in [5, 5.41) is 3.00. The van der Waals surface area contributed by atoms with Gasteiger partial charge in [0.25, 0.3) is 0 Å². The zero-order valence-corrected chi connectivity index (χ0v) is 32.2. The molecule has 8 aliphatic carbocycles. The van der Waals surface area contributed by atoms with Crippen LogP contribution in [0.15, 0.2) is 48.6 Å². The quantitative estimate of drug-likeness (QED) is 0.208. The van der Waals surface area contributed by atoms with Gasteiger partial charge in [0, 0.05) is 46.3 Å². The Morgan fingerprint density at radius 1 is 0.245 bits per heavy atom. The molecular weight excluding hydrogens is 718 g/mol. The number of rotatable bonds is 2. The molecule has 0 aromatic heterocycles. The Hall–Kier alpha value is 0.0795. The molecule has 40 radical (unpaired) electrons. The van der Waals surface area contributed by atoms with Gasteiger partial charge >= 0.3 is 17.1 Å². The van der Waals surface area contributed by atoms with Crippen molar-refractivity contribution in [1.29, 1.82) is 0 Å². The Kier molecular flexibility index (Phi) is 18.9. The molecule has 256 valence electrons. The zero-order valence-electron chi connectivity index (χ0n) is 29.3. The molecule has 0 atom stereocenters. The predicted octanol–water partition coefficient (Wildman–Crippen LogP) is 10.1. The van der Waals surface area contributed by atoms with E-state index in [1.54, 1.807) is 0 Å². The van der Waals surface area contributed by atoms with Crippen LogP contribution in [0.4, 0.5) is 0 Å². The summed E-state index contributed by atoms with van der Waals surface area (Å²) in [7, 11) is -1.24. The number of allylic oxidation sites excluding steroid dienone is 4. The molecule has 0 spiro atoms. The fourth-order valence-electron chi connectivity index (χ4n) is 6.34. The molecule has 2 aliphatic heterocycles. The van der Waals surface area contributed by atoms with E-state index in [1.807, 2.05) is 128 Å². The molecule has 53 heavy (non-hydrogen) atoms. The van der Waals surface area contributed by atoms with Crippen molar-refractivity contribution in [2.24, 2.45) is 0 Å². The monoisotopic (exact) mass is 758 g/mol. The minimum Gasteiger partial charge on any atom is -0.0795 e. The van der Waals surface area contributed by atoms with Gasteiger partial charge in [0.2, 0.25) is 0 Å². The first kappa shape index (κ1) is 42.7.